The molecule has 26 heavy (non-hydrogen) atoms. The molecule has 0 heterocycles. The number of carbonyl (C=O) groups excluding carboxylic acids is 5. The molecule has 148 valence electrons. The first kappa shape index (κ1) is 23.1. The predicted molar refractivity (Wildman–Crippen MR) is 83.3 cm³/mol. The van der Waals surface area contributed by atoms with Gasteiger partial charge in [0.1, 0.15) is 18.7 Å². The normalized spacial score (nSPS) is 10.3. The van der Waals surface area contributed by atoms with Gasteiger partial charge in [-0.1, -0.05) is 0 Å². The summed E-state index contributed by atoms with van der Waals surface area (Å²) in [6.45, 7) is 4.47. The third-order valence-electron chi connectivity index (χ3n) is 2.26. The van der Waals surface area contributed by atoms with Gasteiger partial charge in [0.05, 0.1) is 0 Å². The second kappa shape index (κ2) is 10.9. The molecule has 0 aromatic rings. The largest absolute Gasteiger partial charge is 0.444 e. The summed E-state index contributed by atoms with van der Waals surface area (Å²) in [5.41, 5.74) is -0.876. The van der Waals surface area contributed by atoms with Crippen LogP contribution in [0.1, 0.15) is 34.6 Å². The van der Waals surface area contributed by atoms with Crippen LogP contribution in [0, 0.1) is 0 Å². The quantitative estimate of drug-likeness (QED) is 0.331. The Hall–Kier alpha value is -2.85. The molecule has 0 saturated carbocycles. The van der Waals surface area contributed by atoms with Gasteiger partial charge in [0.15, 0.2) is 0 Å². The van der Waals surface area contributed by atoms with Crippen LogP contribution in [0.3, 0.4) is 0 Å². The van der Waals surface area contributed by atoms with E-state index in [-0.39, 0.29) is 0 Å². The van der Waals surface area contributed by atoms with E-state index in [1.165, 1.54) is 0 Å². The average molecular weight is 377 g/mol. The van der Waals surface area contributed by atoms with E-state index in [0.717, 1.165) is 18.7 Å². The number of amides is 1. The van der Waals surface area contributed by atoms with Gasteiger partial charge in [-0.15, -0.1) is 0 Å². The summed E-state index contributed by atoms with van der Waals surface area (Å²) < 4.78 is 23.2. The highest BCUT2D eigenvalue weighted by Gasteiger charge is 2.27. The molecule has 0 atom stereocenters. The highest BCUT2D eigenvalue weighted by atomic mass is 16.7. The predicted octanol–water partition coefficient (Wildman–Crippen LogP) is 0.351. The molecule has 0 radical (unpaired) electrons. The molecule has 0 spiro atoms. The van der Waals surface area contributed by atoms with Gasteiger partial charge in [-0.2, -0.15) is 0 Å². The highest BCUT2D eigenvalue weighted by Crippen LogP contribution is 2.10. The minimum Gasteiger partial charge on any atom is -0.444 e. The number of nitrogens with zero attached hydrogens (tertiary/aromatic N) is 1. The summed E-state index contributed by atoms with van der Waals surface area (Å²) in [7, 11) is 0. The first-order valence-corrected chi connectivity index (χ1v) is 7.46. The van der Waals surface area contributed by atoms with E-state index in [4.69, 9.17) is 4.74 Å². The molecule has 0 saturated heterocycles. The smallest absolute Gasteiger partial charge is 0.411 e. The molecule has 0 bridgehead atoms. The Labute approximate surface area is 150 Å². The van der Waals surface area contributed by atoms with Crippen molar-refractivity contribution in [1.29, 1.82) is 0 Å². The summed E-state index contributed by atoms with van der Waals surface area (Å²) in [6, 6.07) is 0. The minimum absolute atomic E-state index is 0.632. The zero-order valence-corrected chi connectivity index (χ0v) is 15.4. The fraction of sp³-hybridized carbons (Fsp3) is 0.667. The van der Waals surface area contributed by atoms with Crippen molar-refractivity contribution in [3.8, 4) is 0 Å². The second-order valence-corrected chi connectivity index (χ2v) is 5.88. The highest BCUT2D eigenvalue weighted by molar-refractivity contribution is 5.83. The fourth-order valence-electron chi connectivity index (χ4n) is 1.27. The Morgan fingerprint density at radius 3 is 1.42 bits per heavy atom. The topological polar surface area (TPSA) is 135 Å². The molecule has 11 nitrogen and oxygen atoms in total. The van der Waals surface area contributed by atoms with Gasteiger partial charge >= 0.3 is 30.0 Å². The first-order chi connectivity index (χ1) is 11.9. The number of esters is 4. The molecule has 0 aliphatic carbocycles. The third kappa shape index (κ3) is 12.6. The van der Waals surface area contributed by atoms with Gasteiger partial charge in [0.2, 0.25) is 13.6 Å². The fourth-order valence-corrected chi connectivity index (χ4v) is 1.27. The molecule has 0 aromatic heterocycles. The summed E-state index contributed by atoms with van der Waals surface area (Å²) in [5.74, 6) is -3.19. The monoisotopic (exact) mass is 377 g/mol. The van der Waals surface area contributed by atoms with Gasteiger partial charge in [0.25, 0.3) is 0 Å². The summed E-state index contributed by atoms with van der Waals surface area (Å²) in [6.07, 6.45) is -0.966. The second-order valence-electron chi connectivity index (χ2n) is 5.88. The van der Waals surface area contributed by atoms with Crippen LogP contribution in [0.25, 0.3) is 0 Å². The van der Waals surface area contributed by atoms with Crippen LogP contribution in [-0.4, -0.2) is 67.1 Å². The Bertz CT molecular complexity index is 503. The maximum Gasteiger partial charge on any atom is 0.411 e. The van der Waals surface area contributed by atoms with Crippen LogP contribution in [0.2, 0.25) is 0 Å². The van der Waals surface area contributed by atoms with E-state index >= 15 is 0 Å². The molecule has 0 aromatic carbocycles. The number of rotatable bonds is 8. The van der Waals surface area contributed by atoms with Crippen LogP contribution < -0.4 is 0 Å². The number of ether oxygens (including phenoxy) is 5. The van der Waals surface area contributed by atoms with E-state index in [9.17, 15) is 24.0 Å². The van der Waals surface area contributed by atoms with Crippen molar-refractivity contribution in [2.45, 2.75) is 40.2 Å². The van der Waals surface area contributed by atoms with Crippen molar-refractivity contribution >= 4 is 30.0 Å². The van der Waals surface area contributed by atoms with Crippen molar-refractivity contribution < 1.29 is 47.7 Å². The van der Waals surface area contributed by atoms with Crippen LogP contribution in [0.15, 0.2) is 0 Å². The maximum absolute atomic E-state index is 12.1. The number of hydrogen-bond donors (Lipinski definition) is 0. The summed E-state index contributed by atoms with van der Waals surface area (Å²) in [5, 5.41) is 0. The maximum atomic E-state index is 12.1. The molecule has 0 unspecified atom stereocenters. The van der Waals surface area contributed by atoms with Gasteiger partial charge in [-0.05, 0) is 20.8 Å². The van der Waals surface area contributed by atoms with Crippen molar-refractivity contribution in [2.24, 2.45) is 0 Å². The van der Waals surface area contributed by atoms with E-state index in [2.05, 4.69) is 18.9 Å². The van der Waals surface area contributed by atoms with E-state index in [0.29, 0.717) is 0 Å². The lowest BCUT2D eigenvalue weighted by molar-refractivity contribution is -0.167. The zero-order chi connectivity index (χ0) is 20.3. The molecular formula is C15H23NO10. The van der Waals surface area contributed by atoms with Gasteiger partial charge in [-0.3, -0.25) is 24.1 Å². The van der Waals surface area contributed by atoms with Gasteiger partial charge in [0, 0.05) is 13.8 Å². The standard InChI is InChI=1S/C15H23NO10/c1-10(17)22-8-24-12(19)6-16(14(21)26-15(3,4)5)7-13(20)25-9-23-11(2)18/h6-9H2,1-5H3. The van der Waals surface area contributed by atoms with Crippen molar-refractivity contribution in [3.05, 3.63) is 0 Å². The SMILES string of the molecule is CC(=O)OCOC(=O)CN(CC(=O)OCOC(C)=O)C(=O)OC(C)(C)C. The summed E-state index contributed by atoms with van der Waals surface area (Å²) in [4.78, 5) is 57.5. The lowest BCUT2D eigenvalue weighted by Crippen LogP contribution is -2.43. The van der Waals surface area contributed by atoms with E-state index in [1.807, 2.05) is 0 Å². The van der Waals surface area contributed by atoms with Crippen molar-refractivity contribution in [3.63, 3.8) is 0 Å². The summed E-state index contributed by atoms with van der Waals surface area (Å²) >= 11 is 0. The van der Waals surface area contributed by atoms with E-state index in [1.54, 1.807) is 20.8 Å². The Kier molecular flexibility index (Phi) is 9.71. The Balaban J connectivity index is 4.75. The van der Waals surface area contributed by atoms with Crippen LogP contribution in [0.4, 0.5) is 4.79 Å². The molecular weight excluding hydrogens is 354 g/mol. The van der Waals surface area contributed by atoms with Crippen molar-refractivity contribution in [1.82, 2.24) is 4.90 Å². The van der Waals surface area contributed by atoms with E-state index < -0.39 is 62.2 Å². The van der Waals surface area contributed by atoms with Crippen molar-refractivity contribution in [2.75, 3.05) is 26.7 Å². The molecule has 0 rings (SSSR count). The van der Waals surface area contributed by atoms with Gasteiger partial charge < -0.3 is 23.7 Å². The lowest BCUT2D eigenvalue weighted by atomic mass is 10.2. The number of hydrogen-bond acceptors (Lipinski definition) is 10. The number of carbonyl (C=O) groups is 5. The lowest BCUT2D eigenvalue weighted by Gasteiger charge is -2.26. The molecule has 0 aliphatic rings. The first-order valence-electron chi connectivity index (χ1n) is 7.46. The molecule has 1 amide bonds. The average Bonchev–Trinajstić information content (AvgIpc) is 2.43. The van der Waals surface area contributed by atoms with Gasteiger partial charge in [-0.25, -0.2) is 4.79 Å². The van der Waals surface area contributed by atoms with Crippen LogP contribution in [0.5, 0.6) is 0 Å². The molecule has 11 heteroatoms. The Morgan fingerprint density at radius 2 is 1.12 bits per heavy atom. The molecule has 0 aliphatic heterocycles. The molecule has 0 fully saturated rings. The zero-order valence-electron chi connectivity index (χ0n) is 15.4. The minimum atomic E-state index is -0.966. The van der Waals surface area contributed by atoms with Crippen LogP contribution in [-0.2, 0) is 42.9 Å². The molecule has 0 N–H and O–H groups in total. The Morgan fingerprint density at radius 1 is 0.731 bits per heavy atom. The van der Waals surface area contributed by atoms with Crippen LogP contribution >= 0.6 is 0 Å². The third-order valence-corrected chi connectivity index (χ3v) is 2.26.